The number of isothiocyanates is 1. The maximum absolute atomic E-state index is 5.66. The van der Waals surface area contributed by atoms with Gasteiger partial charge in [-0.05, 0) is 35.5 Å². The summed E-state index contributed by atoms with van der Waals surface area (Å²) in [6.45, 7) is 1.16. The molecule has 2 aromatic carbocycles. The molecule has 0 saturated carbocycles. The summed E-state index contributed by atoms with van der Waals surface area (Å²) in [6.07, 6.45) is 0. The molecule has 3 heteroatoms. The minimum Gasteiger partial charge on any atom is -0.489 e. The molecule has 0 fully saturated rings. The molecule has 0 aliphatic heterocycles. The van der Waals surface area contributed by atoms with Crippen LogP contribution < -0.4 is 4.74 Å². The van der Waals surface area contributed by atoms with Crippen molar-refractivity contribution in [3.63, 3.8) is 0 Å². The highest BCUT2D eigenvalue weighted by molar-refractivity contribution is 7.78. The van der Waals surface area contributed by atoms with Crippen LogP contribution in [-0.2, 0) is 13.2 Å². The zero-order valence-electron chi connectivity index (χ0n) is 9.87. The Morgan fingerprint density at radius 3 is 2.28 bits per heavy atom. The summed E-state index contributed by atoms with van der Waals surface area (Å²) in [5, 5.41) is 2.36. The van der Waals surface area contributed by atoms with Crippen LogP contribution in [0.25, 0.3) is 0 Å². The molecule has 0 spiro atoms. The second-order valence-corrected chi connectivity index (χ2v) is 4.01. The molecule has 90 valence electrons. The third kappa shape index (κ3) is 3.81. The standard InChI is InChI=1S/C15H13NOS/c18-12-16-10-13-6-8-14(9-7-13)11-17-15-4-2-1-3-5-15/h1-9H,10-11H2. The fourth-order valence-electron chi connectivity index (χ4n) is 1.55. The molecule has 0 atom stereocenters. The Labute approximate surface area is 112 Å². The van der Waals surface area contributed by atoms with E-state index in [1.165, 1.54) is 0 Å². The van der Waals surface area contributed by atoms with E-state index in [-0.39, 0.29) is 0 Å². The lowest BCUT2D eigenvalue weighted by Crippen LogP contribution is -1.95. The van der Waals surface area contributed by atoms with E-state index in [9.17, 15) is 0 Å². The molecule has 0 saturated heterocycles. The lowest BCUT2D eigenvalue weighted by molar-refractivity contribution is 0.306. The zero-order chi connectivity index (χ0) is 12.6. The summed E-state index contributed by atoms with van der Waals surface area (Å²) in [4.78, 5) is 3.90. The first-order valence-electron chi connectivity index (χ1n) is 5.68. The molecule has 0 aliphatic rings. The van der Waals surface area contributed by atoms with Crippen LogP contribution in [0, 0.1) is 0 Å². The van der Waals surface area contributed by atoms with E-state index in [2.05, 4.69) is 22.4 Å². The van der Waals surface area contributed by atoms with Crippen molar-refractivity contribution in [3.8, 4) is 5.75 Å². The van der Waals surface area contributed by atoms with Gasteiger partial charge in [-0.1, -0.05) is 42.5 Å². The van der Waals surface area contributed by atoms with Crippen LogP contribution in [-0.4, -0.2) is 5.16 Å². The third-order valence-electron chi connectivity index (χ3n) is 2.50. The Balaban J connectivity index is 1.92. The molecule has 0 amide bonds. The normalized spacial score (nSPS) is 9.56. The molecule has 0 bridgehead atoms. The Kier molecular flexibility index (Phi) is 4.65. The van der Waals surface area contributed by atoms with E-state index in [0.29, 0.717) is 13.2 Å². The number of thiocarbonyl (C=S) groups is 1. The van der Waals surface area contributed by atoms with E-state index in [1.807, 2.05) is 54.6 Å². The zero-order valence-corrected chi connectivity index (χ0v) is 10.7. The summed E-state index contributed by atoms with van der Waals surface area (Å²) >= 11 is 4.54. The van der Waals surface area contributed by atoms with E-state index < -0.39 is 0 Å². The van der Waals surface area contributed by atoms with Gasteiger partial charge in [0, 0.05) is 0 Å². The van der Waals surface area contributed by atoms with Gasteiger partial charge in [0.05, 0.1) is 11.7 Å². The van der Waals surface area contributed by atoms with E-state index >= 15 is 0 Å². The van der Waals surface area contributed by atoms with Gasteiger partial charge in [-0.3, -0.25) is 0 Å². The van der Waals surface area contributed by atoms with Gasteiger partial charge >= 0.3 is 0 Å². The van der Waals surface area contributed by atoms with Crippen molar-refractivity contribution < 1.29 is 4.74 Å². The molecule has 0 unspecified atom stereocenters. The molecule has 2 rings (SSSR count). The van der Waals surface area contributed by atoms with Gasteiger partial charge in [0.1, 0.15) is 12.4 Å². The number of hydrogen-bond donors (Lipinski definition) is 0. The highest BCUT2D eigenvalue weighted by atomic mass is 32.1. The summed E-state index contributed by atoms with van der Waals surface area (Å²) < 4.78 is 5.66. The van der Waals surface area contributed by atoms with Gasteiger partial charge < -0.3 is 4.74 Å². The second kappa shape index (κ2) is 6.70. The summed E-state index contributed by atoms with van der Waals surface area (Å²) in [5.41, 5.74) is 2.25. The maximum atomic E-state index is 5.66. The van der Waals surface area contributed by atoms with Crippen LogP contribution in [0.1, 0.15) is 11.1 Å². The Morgan fingerprint density at radius 2 is 1.61 bits per heavy atom. The second-order valence-electron chi connectivity index (χ2n) is 3.83. The average molecular weight is 255 g/mol. The summed E-state index contributed by atoms with van der Waals surface area (Å²) in [5.74, 6) is 0.881. The number of ether oxygens (including phenoxy) is 1. The van der Waals surface area contributed by atoms with Crippen molar-refractivity contribution in [1.29, 1.82) is 0 Å². The number of hydrogen-bond acceptors (Lipinski definition) is 3. The minimum atomic E-state index is 0.570. The Bertz CT molecular complexity index is 530. The molecular weight excluding hydrogens is 242 g/mol. The number of benzene rings is 2. The Hall–Kier alpha value is -1.96. The number of nitrogens with zero attached hydrogens (tertiary/aromatic N) is 1. The lowest BCUT2D eigenvalue weighted by atomic mass is 10.1. The van der Waals surface area contributed by atoms with Gasteiger partial charge in [0.15, 0.2) is 0 Å². The number of para-hydroxylation sites is 1. The molecular formula is C15H13NOS. The first kappa shape index (κ1) is 12.5. The van der Waals surface area contributed by atoms with Gasteiger partial charge in [0.25, 0.3) is 0 Å². The van der Waals surface area contributed by atoms with Crippen molar-refractivity contribution in [2.45, 2.75) is 13.2 Å². The number of aliphatic imine (C=N–C) groups is 1. The highest BCUT2D eigenvalue weighted by Crippen LogP contribution is 2.12. The maximum Gasteiger partial charge on any atom is 0.119 e. The van der Waals surface area contributed by atoms with E-state index in [0.717, 1.165) is 16.9 Å². The minimum absolute atomic E-state index is 0.570. The molecule has 0 aromatic heterocycles. The van der Waals surface area contributed by atoms with Crippen LogP contribution in [0.2, 0.25) is 0 Å². The van der Waals surface area contributed by atoms with Gasteiger partial charge in [0.2, 0.25) is 0 Å². The molecule has 0 radical (unpaired) electrons. The molecule has 0 N–H and O–H groups in total. The van der Waals surface area contributed by atoms with Crippen molar-refractivity contribution >= 4 is 17.4 Å². The SMILES string of the molecule is S=C=NCc1ccc(COc2ccccc2)cc1. The smallest absolute Gasteiger partial charge is 0.119 e. The highest BCUT2D eigenvalue weighted by Gasteiger charge is 1.96. The predicted molar refractivity (Wildman–Crippen MR) is 75.9 cm³/mol. The quantitative estimate of drug-likeness (QED) is 0.597. The number of rotatable bonds is 5. The van der Waals surface area contributed by atoms with Crippen molar-refractivity contribution in [3.05, 3.63) is 65.7 Å². The molecule has 0 aliphatic carbocycles. The fourth-order valence-corrected chi connectivity index (χ4v) is 1.61. The van der Waals surface area contributed by atoms with Crippen molar-refractivity contribution in [1.82, 2.24) is 0 Å². The molecule has 2 aromatic rings. The third-order valence-corrected chi connectivity index (χ3v) is 2.63. The van der Waals surface area contributed by atoms with Crippen molar-refractivity contribution in [2.75, 3.05) is 0 Å². The van der Waals surface area contributed by atoms with E-state index in [4.69, 9.17) is 4.74 Å². The van der Waals surface area contributed by atoms with Crippen molar-refractivity contribution in [2.24, 2.45) is 4.99 Å². The molecule has 0 heterocycles. The summed E-state index contributed by atoms with van der Waals surface area (Å²) in [6, 6.07) is 17.9. The molecule has 2 nitrogen and oxygen atoms in total. The van der Waals surface area contributed by atoms with Crippen LogP contribution >= 0.6 is 12.2 Å². The van der Waals surface area contributed by atoms with E-state index in [1.54, 1.807) is 0 Å². The average Bonchev–Trinajstić information content (AvgIpc) is 2.45. The van der Waals surface area contributed by atoms with Gasteiger partial charge in [-0.15, -0.1) is 0 Å². The monoisotopic (exact) mass is 255 g/mol. The first-order valence-corrected chi connectivity index (χ1v) is 6.08. The Morgan fingerprint density at radius 1 is 0.944 bits per heavy atom. The predicted octanol–water partition coefficient (Wildman–Crippen LogP) is 3.87. The van der Waals surface area contributed by atoms with Crippen LogP contribution in [0.4, 0.5) is 0 Å². The summed E-state index contributed by atoms with van der Waals surface area (Å²) in [7, 11) is 0. The van der Waals surface area contributed by atoms with Gasteiger partial charge in [-0.2, -0.15) is 0 Å². The van der Waals surface area contributed by atoms with Crippen LogP contribution in [0.5, 0.6) is 5.75 Å². The topological polar surface area (TPSA) is 21.6 Å². The molecule has 18 heavy (non-hydrogen) atoms. The largest absolute Gasteiger partial charge is 0.489 e. The first-order chi connectivity index (χ1) is 8.88. The lowest BCUT2D eigenvalue weighted by Gasteiger charge is -2.06. The van der Waals surface area contributed by atoms with Crippen LogP contribution in [0.3, 0.4) is 0 Å². The fraction of sp³-hybridized carbons (Fsp3) is 0.133. The van der Waals surface area contributed by atoms with Crippen LogP contribution in [0.15, 0.2) is 59.6 Å². The van der Waals surface area contributed by atoms with Gasteiger partial charge in [-0.25, -0.2) is 4.99 Å².